The van der Waals surface area contributed by atoms with E-state index in [1.165, 1.54) is 12.1 Å². The van der Waals surface area contributed by atoms with Crippen LogP contribution in [-0.2, 0) is 6.18 Å². The second kappa shape index (κ2) is 5.67. The van der Waals surface area contributed by atoms with Crippen molar-refractivity contribution in [1.82, 2.24) is 0 Å². The van der Waals surface area contributed by atoms with Crippen LogP contribution in [0.4, 0.5) is 17.6 Å². The Morgan fingerprint density at radius 3 is 2.24 bits per heavy atom. The Morgan fingerprint density at radius 2 is 1.82 bits per heavy atom. The van der Waals surface area contributed by atoms with Gasteiger partial charge in [-0.2, -0.15) is 13.2 Å². The number of nitrogens with two attached hydrogens (primary N) is 1. The van der Waals surface area contributed by atoms with Gasteiger partial charge in [0, 0.05) is 12.1 Å². The minimum atomic E-state index is -4.38. The van der Waals surface area contributed by atoms with Gasteiger partial charge in [0.05, 0.1) is 11.9 Å². The number of alkyl halides is 3. The molecule has 0 aliphatic heterocycles. The lowest BCUT2D eigenvalue weighted by Crippen LogP contribution is -2.11. The maximum absolute atomic E-state index is 12.2. The number of hydrogen-bond acceptors (Lipinski definition) is 2. The Balaban J connectivity index is 2.63. The molecule has 0 heterocycles. The zero-order chi connectivity index (χ0) is 12.9. The second-order valence-corrected chi connectivity index (χ2v) is 3.28. The highest BCUT2D eigenvalue weighted by Gasteiger charge is 2.29. The van der Waals surface area contributed by atoms with Gasteiger partial charge in [0.2, 0.25) is 0 Å². The molecule has 94 valence electrons. The van der Waals surface area contributed by atoms with Crippen molar-refractivity contribution in [2.75, 3.05) is 13.2 Å². The van der Waals surface area contributed by atoms with Crippen molar-refractivity contribution in [2.45, 2.75) is 6.18 Å². The maximum Gasteiger partial charge on any atom is 0.416 e. The SMILES string of the molecule is NCC(=CF)COc1ccc(C(F)(F)F)cc1. The summed E-state index contributed by atoms with van der Waals surface area (Å²) in [4.78, 5) is 0. The lowest BCUT2D eigenvalue weighted by atomic mass is 10.2. The fourth-order valence-corrected chi connectivity index (χ4v) is 1.05. The van der Waals surface area contributed by atoms with Crippen molar-refractivity contribution in [3.05, 3.63) is 41.7 Å². The predicted octanol–water partition coefficient (Wildman–Crippen LogP) is 2.90. The smallest absolute Gasteiger partial charge is 0.416 e. The Labute approximate surface area is 95.7 Å². The summed E-state index contributed by atoms with van der Waals surface area (Å²) < 4.78 is 53.9. The van der Waals surface area contributed by atoms with E-state index in [9.17, 15) is 17.6 Å². The molecule has 6 heteroatoms. The average Bonchev–Trinajstić information content (AvgIpc) is 2.30. The monoisotopic (exact) mass is 249 g/mol. The van der Waals surface area contributed by atoms with Crippen LogP contribution < -0.4 is 10.5 Å². The summed E-state index contributed by atoms with van der Waals surface area (Å²) in [6, 6.07) is 4.15. The second-order valence-electron chi connectivity index (χ2n) is 3.28. The zero-order valence-corrected chi connectivity index (χ0v) is 8.80. The third-order valence-corrected chi connectivity index (χ3v) is 2.02. The van der Waals surface area contributed by atoms with Crippen molar-refractivity contribution in [1.29, 1.82) is 0 Å². The molecule has 0 amide bonds. The highest BCUT2D eigenvalue weighted by Crippen LogP contribution is 2.30. The number of hydrogen-bond donors (Lipinski definition) is 1. The number of rotatable bonds is 4. The van der Waals surface area contributed by atoms with Crippen molar-refractivity contribution in [3.8, 4) is 5.75 Å². The van der Waals surface area contributed by atoms with Gasteiger partial charge < -0.3 is 10.5 Å². The standard InChI is InChI=1S/C11H11F4NO/c12-5-8(6-16)7-17-10-3-1-9(2-4-10)11(13,14)15/h1-5H,6-7,16H2. The normalized spacial score (nSPS) is 12.6. The Morgan fingerprint density at radius 1 is 1.24 bits per heavy atom. The Hall–Kier alpha value is -1.56. The molecule has 0 aliphatic rings. The van der Waals surface area contributed by atoms with Gasteiger partial charge in [-0.25, -0.2) is 4.39 Å². The molecule has 0 unspecified atom stereocenters. The van der Waals surface area contributed by atoms with E-state index in [0.717, 1.165) is 12.1 Å². The van der Waals surface area contributed by atoms with E-state index in [4.69, 9.17) is 10.5 Å². The third kappa shape index (κ3) is 4.07. The van der Waals surface area contributed by atoms with Gasteiger partial charge in [-0.1, -0.05) is 0 Å². The van der Waals surface area contributed by atoms with Crippen LogP contribution in [0.25, 0.3) is 0 Å². The van der Waals surface area contributed by atoms with Crippen molar-refractivity contribution < 1.29 is 22.3 Å². The summed E-state index contributed by atoms with van der Waals surface area (Å²) in [7, 11) is 0. The molecule has 1 aromatic carbocycles. The summed E-state index contributed by atoms with van der Waals surface area (Å²) >= 11 is 0. The third-order valence-electron chi connectivity index (χ3n) is 2.02. The predicted molar refractivity (Wildman–Crippen MR) is 55.2 cm³/mol. The molecule has 0 aromatic heterocycles. The van der Waals surface area contributed by atoms with Gasteiger partial charge in [0.25, 0.3) is 0 Å². The minimum absolute atomic E-state index is 0.00284. The van der Waals surface area contributed by atoms with E-state index in [0.29, 0.717) is 6.33 Å². The Bertz CT molecular complexity index is 383. The lowest BCUT2D eigenvalue weighted by Gasteiger charge is -2.09. The molecule has 0 spiro atoms. The highest BCUT2D eigenvalue weighted by molar-refractivity contribution is 5.29. The topological polar surface area (TPSA) is 35.2 Å². The molecule has 0 saturated heterocycles. The zero-order valence-electron chi connectivity index (χ0n) is 8.80. The summed E-state index contributed by atoms with van der Waals surface area (Å²) in [6.45, 7) is -0.0878. The van der Waals surface area contributed by atoms with Gasteiger partial charge >= 0.3 is 6.18 Å². The number of ether oxygens (including phenoxy) is 1. The van der Waals surface area contributed by atoms with E-state index in [2.05, 4.69) is 0 Å². The summed E-state index contributed by atoms with van der Waals surface area (Å²) in [5, 5.41) is 0. The first kappa shape index (κ1) is 13.5. The summed E-state index contributed by atoms with van der Waals surface area (Å²) in [5.74, 6) is 0.228. The number of benzene rings is 1. The summed E-state index contributed by atoms with van der Waals surface area (Å²) in [5.41, 5.74) is 4.66. The van der Waals surface area contributed by atoms with Crippen LogP contribution in [0.3, 0.4) is 0 Å². The van der Waals surface area contributed by atoms with Crippen LogP contribution in [0.5, 0.6) is 5.75 Å². The van der Waals surface area contributed by atoms with Crippen LogP contribution in [0.2, 0.25) is 0 Å². The maximum atomic E-state index is 12.2. The van der Waals surface area contributed by atoms with Crippen molar-refractivity contribution in [3.63, 3.8) is 0 Å². The fraction of sp³-hybridized carbons (Fsp3) is 0.273. The molecule has 0 fully saturated rings. The molecule has 0 atom stereocenters. The van der Waals surface area contributed by atoms with Crippen LogP contribution in [0.15, 0.2) is 36.2 Å². The molecule has 1 aromatic rings. The van der Waals surface area contributed by atoms with Crippen LogP contribution in [-0.4, -0.2) is 13.2 Å². The highest BCUT2D eigenvalue weighted by atomic mass is 19.4. The molecule has 0 aliphatic carbocycles. The van der Waals surface area contributed by atoms with Crippen molar-refractivity contribution in [2.24, 2.45) is 5.73 Å². The van der Waals surface area contributed by atoms with Gasteiger partial charge in [0.1, 0.15) is 12.4 Å². The van der Waals surface area contributed by atoms with Crippen LogP contribution in [0.1, 0.15) is 5.56 Å². The van der Waals surface area contributed by atoms with E-state index in [-0.39, 0.29) is 24.5 Å². The molecule has 1 rings (SSSR count). The average molecular weight is 249 g/mol. The molecule has 17 heavy (non-hydrogen) atoms. The molecular weight excluding hydrogens is 238 g/mol. The summed E-state index contributed by atoms with van der Waals surface area (Å²) in [6.07, 6.45) is -4.05. The molecule has 2 nitrogen and oxygen atoms in total. The fourth-order valence-electron chi connectivity index (χ4n) is 1.05. The van der Waals surface area contributed by atoms with Gasteiger partial charge in [-0.05, 0) is 24.3 Å². The van der Waals surface area contributed by atoms with Gasteiger partial charge in [-0.15, -0.1) is 0 Å². The van der Waals surface area contributed by atoms with E-state index >= 15 is 0 Å². The quantitative estimate of drug-likeness (QED) is 0.833. The number of halogens is 4. The first-order valence-corrected chi connectivity index (χ1v) is 4.75. The molecular formula is C11H11F4NO. The molecule has 0 radical (unpaired) electrons. The van der Waals surface area contributed by atoms with E-state index in [1.807, 2.05) is 0 Å². The van der Waals surface area contributed by atoms with Crippen LogP contribution >= 0.6 is 0 Å². The molecule has 0 saturated carbocycles. The van der Waals surface area contributed by atoms with E-state index in [1.54, 1.807) is 0 Å². The van der Waals surface area contributed by atoms with Crippen LogP contribution in [0, 0.1) is 0 Å². The molecule has 2 N–H and O–H groups in total. The lowest BCUT2D eigenvalue weighted by molar-refractivity contribution is -0.137. The van der Waals surface area contributed by atoms with Gasteiger partial charge in [-0.3, -0.25) is 0 Å². The first-order valence-electron chi connectivity index (χ1n) is 4.75. The van der Waals surface area contributed by atoms with E-state index < -0.39 is 11.7 Å². The van der Waals surface area contributed by atoms with Crippen molar-refractivity contribution >= 4 is 0 Å². The Kier molecular flexibility index (Phi) is 4.51. The first-order chi connectivity index (χ1) is 7.97. The van der Waals surface area contributed by atoms with Gasteiger partial charge in [0.15, 0.2) is 0 Å². The molecule has 0 bridgehead atoms. The minimum Gasteiger partial charge on any atom is -0.489 e. The largest absolute Gasteiger partial charge is 0.489 e.